The molecule has 2 fully saturated rings. The van der Waals surface area contributed by atoms with Crippen LogP contribution in [0.1, 0.15) is 40.0 Å². The summed E-state index contributed by atoms with van der Waals surface area (Å²) in [7, 11) is 0. The van der Waals surface area contributed by atoms with E-state index in [4.69, 9.17) is 0 Å². The molecule has 0 unspecified atom stereocenters. The number of nitrogens with zero attached hydrogens (tertiary/aromatic N) is 5. The van der Waals surface area contributed by atoms with Crippen molar-refractivity contribution in [1.82, 2.24) is 19.6 Å². The number of hydrogen-bond acceptors (Lipinski definition) is 3. The van der Waals surface area contributed by atoms with Gasteiger partial charge in [0.1, 0.15) is 6.54 Å². The number of hydrogen-bond donors (Lipinski definition) is 0. The highest BCUT2D eigenvalue weighted by atomic mass is 16.2. The Labute approximate surface area is 172 Å². The van der Waals surface area contributed by atoms with E-state index in [2.05, 4.69) is 31.9 Å². The van der Waals surface area contributed by atoms with Gasteiger partial charge in [0.25, 0.3) is 0 Å². The lowest BCUT2D eigenvalue weighted by Gasteiger charge is -2.22. The zero-order valence-electron chi connectivity index (χ0n) is 17.7. The number of amides is 3. The molecule has 7 heteroatoms. The first kappa shape index (κ1) is 19.7. The van der Waals surface area contributed by atoms with Crippen LogP contribution >= 0.6 is 0 Å². The molecule has 1 aromatic heterocycles. The topological polar surface area (TPSA) is 61.7 Å². The number of urea groups is 1. The Kier molecular flexibility index (Phi) is 5.23. The van der Waals surface area contributed by atoms with Crippen molar-refractivity contribution in [3.05, 3.63) is 24.4 Å². The molecule has 0 saturated carbocycles. The number of fused-ring (bicyclic) bond motifs is 1. The van der Waals surface area contributed by atoms with Crippen LogP contribution in [0.25, 0.3) is 10.9 Å². The maximum absolute atomic E-state index is 13.0. The second kappa shape index (κ2) is 7.69. The SMILES string of the molecule is CC(C)(C)CCn1ncc2c(N3CCN(CC(=O)N4CCCC4)C3=O)cccc21. The van der Waals surface area contributed by atoms with Gasteiger partial charge in [-0.05, 0) is 36.8 Å². The van der Waals surface area contributed by atoms with Gasteiger partial charge in [0.15, 0.2) is 0 Å². The fourth-order valence-electron chi connectivity index (χ4n) is 4.13. The van der Waals surface area contributed by atoms with Crippen LogP contribution in [0.15, 0.2) is 24.4 Å². The molecular weight excluding hydrogens is 366 g/mol. The Hall–Kier alpha value is -2.57. The number of carbonyl (C=O) groups excluding carboxylic acids is 2. The Morgan fingerprint density at radius 3 is 2.59 bits per heavy atom. The zero-order chi connectivity index (χ0) is 20.6. The molecule has 2 saturated heterocycles. The summed E-state index contributed by atoms with van der Waals surface area (Å²) >= 11 is 0. The van der Waals surface area contributed by atoms with Crippen molar-refractivity contribution in [3.8, 4) is 0 Å². The van der Waals surface area contributed by atoms with Crippen molar-refractivity contribution < 1.29 is 9.59 Å². The lowest BCUT2D eigenvalue weighted by atomic mass is 9.92. The first-order valence-corrected chi connectivity index (χ1v) is 10.6. The van der Waals surface area contributed by atoms with E-state index in [9.17, 15) is 9.59 Å². The van der Waals surface area contributed by atoms with Crippen molar-refractivity contribution in [2.24, 2.45) is 5.41 Å². The molecule has 29 heavy (non-hydrogen) atoms. The third kappa shape index (κ3) is 4.09. The summed E-state index contributed by atoms with van der Waals surface area (Å²) in [5.41, 5.74) is 2.17. The van der Waals surface area contributed by atoms with Crippen LogP contribution in [0.2, 0.25) is 0 Å². The predicted molar refractivity (Wildman–Crippen MR) is 114 cm³/mol. The fraction of sp³-hybridized carbons (Fsp3) is 0.591. The van der Waals surface area contributed by atoms with Gasteiger partial charge in [0, 0.05) is 38.1 Å². The molecule has 7 nitrogen and oxygen atoms in total. The molecule has 4 rings (SSSR count). The molecular formula is C22H31N5O2. The highest BCUT2D eigenvalue weighted by Gasteiger charge is 2.33. The minimum Gasteiger partial charge on any atom is -0.341 e. The Bertz CT molecular complexity index is 908. The number of aromatic nitrogens is 2. The Balaban J connectivity index is 1.50. The molecule has 0 radical (unpaired) electrons. The van der Waals surface area contributed by atoms with Gasteiger partial charge >= 0.3 is 6.03 Å². The monoisotopic (exact) mass is 397 g/mol. The molecule has 1 aromatic carbocycles. The van der Waals surface area contributed by atoms with Crippen molar-refractivity contribution in [3.63, 3.8) is 0 Å². The van der Waals surface area contributed by atoms with E-state index in [1.54, 1.807) is 9.80 Å². The molecule has 2 aliphatic rings. The van der Waals surface area contributed by atoms with Gasteiger partial charge in [0.05, 0.1) is 17.4 Å². The second-order valence-corrected chi connectivity index (χ2v) is 9.33. The fourth-order valence-corrected chi connectivity index (χ4v) is 4.13. The van der Waals surface area contributed by atoms with Gasteiger partial charge in [-0.2, -0.15) is 5.10 Å². The van der Waals surface area contributed by atoms with Crippen molar-refractivity contribution >= 4 is 28.5 Å². The van der Waals surface area contributed by atoms with Crippen LogP contribution in [0.5, 0.6) is 0 Å². The van der Waals surface area contributed by atoms with Gasteiger partial charge in [-0.15, -0.1) is 0 Å². The van der Waals surface area contributed by atoms with E-state index >= 15 is 0 Å². The van der Waals surface area contributed by atoms with Crippen LogP contribution < -0.4 is 4.90 Å². The van der Waals surface area contributed by atoms with Crippen LogP contribution in [0.4, 0.5) is 10.5 Å². The second-order valence-electron chi connectivity index (χ2n) is 9.33. The maximum Gasteiger partial charge on any atom is 0.325 e. The van der Waals surface area contributed by atoms with Crippen molar-refractivity contribution in [1.29, 1.82) is 0 Å². The van der Waals surface area contributed by atoms with Crippen LogP contribution in [-0.2, 0) is 11.3 Å². The number of rotatable bonds is 5. The smallest absolute Gasteiger partial charge is 0.325 e. The first-order valence-electron chi connectivity index (χ1n) is 10.6. The van der Waals surface area contributed by atoms with E-state index in [0.717, 1.165) is 55.5 Å². The number of carbonyl (C=O) groups is 2. The van der Waals surface area contributed by atoms with E-state index in [1.165, 1.54) is 0 Å². The van der Waals surface area contributed by atoms with Gasteiger partial charge in [-0.25, -0.2) is 4.79 Å². The quantitative estimate of drug-likeness (QED) is 0.777. The molecule has 0 spiro atoms. The van der Waals surface area contributed by atoms with Gasteiger partial charge in [-0.3, -0.25) is 14.4 Å². The van der Waals surface area contributed by atoms with E-state index in [0.29, 0.717) is 13.1 Å². The van der Waals surface area contributed by atoms with E-state index in [-0.39, 0.29) is 23.9 Å². The zero-order valence-corrected chi connectivity index (χ0v) is 17.7. The molecule has 2 aromatic rings. The Morgan fingerprint density at radius 2 is 1.86 bits per heavy atom. The predicted octanol–water partition coefficient (Wildman–Crippen LogP) is 3.34. The lowest BCUT2D eigenvalue weighted by Crippen LogP contribution is -2.41. The van der Waals surface area contributed by atoms with E-state index < -0.39 is 0 Å². The number of likely N-dealkylation sites (tertiary alicyclic amines) is 1. The molecule has 0 aliphatic carbocycles. The number of anilines is 1. The molecule has 3 heterocycles. The average molecular weight is 398 g/mol. The third-order valence-corrected chi connectivity index (χ3v) is 5.91. The summed E-state index contributed by atoms with van der Waals surface area (Å²) in [4.78, 5) is 30.8. The van der Waals surface area contributed by atoms with Crippen LogP contribution in [-0.4, -0.2) is 64.2 Å². The summed E-state index contributed by atoms with van der Waals surface area (Å²) in [6.07, 6.45) is 5.02. The standard InChI is InChI=1S/C22H31N5O2/c1-22(2,3)9-12-27-19-8-6-7-18(17(19)15-23-27)26-14-13-25(21(26)29)16-20(28)24-10-4-5-11-24/h6-8,15H,4-5,9-14,16H2,1-3H3. The van der Waals surface area contributed by atoms with Gasteiger partial charge in [-0.1, -0.05) is 26.8 Å². The Morgan fingerprint density at radius 1 is 1.10 bits per heavy atom. The normalized spacial score (nSPS) is 17.8. The molecule has 0 N–H and O–H groups in total. The third-order valence-electron chi connectivity index (χ3n) is 5.91. The summed E-state index contributed by atoms with van der Waals surface area (Å²) in [6, 6.07) is 5.93. The lowest BCUT2D eigenvalue weighted by molar-refractivity contribution is -0.130. The molecule has 0 atom stereocenters. The summed E-state index contributed by atoms with van der Waals surface area (Å²) < 4.78 is 2.03. The number of benzene rings is 1. The average Bonchev–Trinajstić information content (AvgIpc) is 3.40. The summed E-state index contributed by atoms with van der Waals surface area (Å²) in [6.45, 7) is 10.5. The highest BCUT2D eigenvalue weighted by Crippen LogP contribution is 2.30. The van der Waals surface area contributed by atoms with E-state index in [1.807, 2.05) is 27.9 Å². The summed E-state index contributed by atoms with van der Waals surface area (Å²) in [5.74, 6) is 0.0610. The van der Waals surface area contributed by atoms with Crippen LogP contribution in [0.3, 0.4) is 0 Å². The summed E-state index contributed by atoms with van der Waals surface area (Å²) in [5, 5.41) is 5.57. The molecule has 0 bridgehead atoms. The van der Waals surface area contributed by atoms with Crippen LogP contribution in [0, 0.1) is 5.41 Å². The largest absolute Gasteiger partial charge is 0.341 e. The van der Waals surface area contributed by atoms with Crippen molar-refractivity contribution in [2.45, 2.75) is 46.6 Å². The minimum absolute atomic E-state index is 0.0610. The first-order chi connectivity index (χ1) is 13.8. The molecule has 2 aliphatic heterocycles. The maximum atomic E-state index is 13.0. The highest BCUT2D eigenvalue weighted by molar-refractivity contribution is 6.04. The minimum atomic E-state index is -0.0903. The van der Waals surface area contributed by atoms with Gasteiger partial charge < -0.3 is 9.80 Å². The molecule has 3 amide bonds. The number of aryl methyl sites for hydroxylation is 1. The molecule has 156 valence electrons. The van der Waals surface area contributed by atoms with Gasteiger partial charge in [0.2, 0.25) is 5.91 Å². The van der Waals surface area contributed by atoms with Crippen molar-refractivity contribution in [2.75, 3.05) is 37.6 Å².